The van der Waals surface area contributed by atoms with Crippen LogP contribution in [0.25, 0.3) is 0 Å². The van der Waals surface area contributed by atoms with Gasteiger partial charge in [0.15, 0.2) is 0 Å². The Kier molecular flexibility index (Phi) is 9.99. The summed E-state index contributed by atoms with van der Waals surface area (Å²) in [5.41, 5.74) is 3.66. The fourth-order valence-corrected chi connectivity index (χ4v) is 3.74. The Hall–Kier alpha value is -2.75. The fourth-order valence-electron chi connectivity index (χ4n) is 3.74. The van der Waals surface area contributed by atoms with Crippen LogP contribution in [0.2, 0.25) is 0 Å². The molecule has 1 aromatic rings. The summed E-state index contributed by atoms with van der Waals surface area (Å²) >= 11 is 0. The molecule has 0 spiro atoms. The summed E-state index contributed by atoms with van der Waals surface area (Å²) in [6.45, 7) is 11.2. The summed E-state index contributed by atoms with van der Waals surface area (Å²) in [4.78, 5) is 8.96. The first kappa shape index (κ1) is 23.5. The van der Waals surface area contributed by atoms with Gasteiger partial charge in [-0.3, -0.25) is 9.98 Å². The van der Waals surface area contributed by atoms with Crippen molar-refractivity contribution >= 4 is 12.4 Å². The topological polar surface area (TPSA) is 36.8 Å². The van der Waals surface area contributed by atoms with E-state index in [-0.39, 0.29) is 11.7 Å². The molecular weight excluding hydrogens is 373 g/mol. The fraction of sp³-hybridized carbons (Fsp3) is 0.385. The number of nitrogens with zero attached hydrogens (tertiary/aromatic N) is 2. The normalized spacial score (nSPS) is 17.4. The zero-order valence-electron chi connectivity index (χ0n) is 18.3. The lowest BCUT2D eigenvalue weighted by Crippen LogP contribution is -2.13. The molecule has 30 heavy (non-hydrogen) atoms. The molecule has 0 radical (unpaired) electrons. The van der Waals surface area contributed by atoms with Crippen LogP contribution in [0.15, 0.2) is 77.2 Å². The summed E-state index contributed by atoms with van der Waals surface area (Å²) in [6, 6.07) is 5.69. The van der Waals surface area contributed by atoms with Crippen LogP contribution in [0.4, 0.5) is 4.39 Å². The summed E-state index contributed by atoms with van der Waals surface area (Å²) < 4.78 is 13.8. The molecule has 3 nitrogen and oxygen atoms in total. The number of aryl methyl sites for hydroxylation is 1. The van der Waals surface area contributed by atoms with Crippen LogP contribution in [0.1, 0.15) is 62.5 Å². The minimum absolute atomic E-state index is 0.148. The molecule has 1 fully saturated rings. The number of allylic oxidation sites excluding steroid dienone is 4. The summed E-state index contributed by atoms with van der Waals surface area (Å²) in [5, 5.41) is 3.02. The van der Waals surface area contributed by atoms with Crippen LogP contribution in [-0.4, -0.2) is 18.5 Å². The molecule has 1 aromatic carbocycles. The average Bonchev–Trinajstić information content (AvgIpc) is 2.76. The number of benzene rings is 1. The predicted octanol–water partition coefficient (Wildman–Crippen LogP) is 6.79. The van der Waals surface area contributed by atoms with Crippen molar-refractivity contribution in [1.82, 2.24) is 5.32 Å². The van der Waals surface area contributed by atoms with Crippen molar-refractivity contribution in [2.24, 2.45) is 9.98 Å². The molecule has 1 aliphatic carbocycles. The first-order valence-corrected chi connectivity index (χ1v) is 10.8. The second kappa shape index (κ2) is 12.7. The number of rotatable bonds is 10. The van der Waals surface area contributed by atoms with Crippen LogP contribution >= 0.6 is 0 Å². The summed E-state index contributed by atoms with van der Waals surface area (Å²) in [6.07, 6.45) is 18.2. The Morgan fingerprint density at radius 3 is 2.67 bits per heavy atom. The van der Waals surface area contributed by atoms with Gasteiger partial charge in [0.25, 0.3) is 0 Å². The van der Waals surface area contributed by atoms with Crippen molar-refractivity contribution in [2.45, 2.75) is 64.3 Å². The Morgan fingerprint density at radius 2 is 2.03 bits per heavy atom. The second-order valence-electron chi connectivity index (χ2n) is 7.65. The third kappa shape index (κ3) is 7.25. The maximum Gasteiger partial charge on any atom is 0.126 e. The van der Waals surface area contributed by atoms with E-state index in [0.29, 0.717) is 11.6 Å². The van der Waals surface area contributed by atoms with Crippen LogP contribution in [0, 0.1) is 12.7 Å². The minimum atomic E-state index is -0.174. The van der Waals surface area contributed by atoms with Gasteiger partial charge in [-0.25, -0.2) is 4.39 Å². The lowest BCUT2D eigenvalue weighted by atomic mass is 9.91. The first-order chi connectivity index (χ1) is 14.6. The third-order valence-corrected chi connectivity index (χ3v) is 5.44. The van der Waals surface area contributed by atoms with Crippen LogP contribution in [0.3, 0.4) is 0 Å². The molecule has 0 amide bonds. The van der Waals surface area contributed by atoms with Crippen molar-refractivity contribution in [3.8, 4) is 0 Å². The molecule has 0 bridgehead atoms. The van der Waals surface area contributed by atoms with E-state index in [1.54, 1.807) is 25.4 Å². The molecule has 1 aliphatic rings. The van der Waals surface area contributed by atoms with Gasteiger partial charge >= 0.3 is 0 Å². The van der Waals surface area contributed by atoms with Gasteiger partial charge < -0.3 is 5.32 Å². The number of aliphatic imine (C=N–C) groups is 2. The second-order valence-corrected chi connectivity index (χ2v) is 7.65. The highest BCUT2D eigenvalue weighted by Crippen LogP contribution is 2.26. The first-order valence-electron chi connectivity index (χ1n) is 10.8. The Morgan fingerprint density at radius 1 is 1.27 bits per heavy atom. The highest BCUT2D eigenvalue weighted by Gasteiger charge is 2.15. The maximum absolute atomic E-state index is 13.8. The van der Waals surface area contributed by atoms with Crippen molar-refractivity contribution in [3.05, 3.63) is 84.1 Å². The molecule has 0 heterocycles. The van der Waals surface area contributed by atoms with Gasteiger partial charge in [0.1, 0.15) is 5.82 Å². The van der Waals surface area contributed by atoms with Crippen molar-refractivity contribution in [2.75, 3.05) is 0 Å². The predicted molar refractivity (Wildman–Crippen MR) is 128 cm³/mol. The highest BCUT2D eigenvalue weighted by atomic mass is 19.1. The van der Waals surface area contributed by atoms with E-state index < -0.39 is 0 Å². The summed E-state index contributed by atoms with van der Waals surface area (Å²) in [5.74, 6) is -0.0262. The largest absolute Gasteiger partial charge is 0.368 e. The van der Waals surface area contributed by atoms with Gasteiger partial charge in [0, 0.05) is 18.3 Å². The molecular formula is C26H34FN3. The Bertz CT molecular complexity index is 827. The van der Waals surface area contributed by atoms with Crippen molar-refractivity contribution in [3.63, 3.8) is 0 Å². The molecule has 1 unspecified atom stereocenters. The van der Waals surface area contributed by atoms with E-state index in [1.807, 2.05) is 30.5 Å². The van der Waals surface area contributed by atoms with Gasteiger partial charge in [0.05, 0.1) is 11.8 Å². The number of hydrogen-bond donors (Lipinski definition) is 1. The van der Waals surface area contributed by atoms with Crippen molar-refractivity contribution in [1.29, 1.82) is 0 Å². The van der Waals surface area contributed by atoms with Gasteiger partial charge in [0.2, 0.25) is 0 Å². The quantitative estimate of drug-likeness (QED) is 0.336. The number of hydrogen-bond acceptors (Lipinski definition) is 3. The molecule has 0 aromatic heterocycles. The zero-order chi connectivity index (χ0) is 21.8. The molecule has 0 saturated heterocycles. The maximum atomic E-state index is 13.8. The van der Waals surface area contributed by atoms with Gasteiger partial charge in [-0.2, -0.15) is 0 Å². The lowest BCUT2D eigenvalue weighted by molar-refractivity contribution is 0.444. The van der Waals surface area contributed by atoms with Gasteiger partial charge in [-0.15, -0.1) is 0 Å². The van der Waals surface area contributed by atoms with E-state index in [0.717, 1.165) is 36.1 Å². The molecule has 1 saturated carbocycles. The molecule has 1 atom stereocenters. The van der Waals surface area contributed by atoms with Crippen LogP contribution in [0.5, 0.6) is 0 Å². The van der Waals surface area contributed by atoms with Crippen molar-refractivity contribution < 1.29 is 4.39 Å². The molecule has 2 rings (SSSR count). The summed E-state index contributed by atoms with van der Waals surface area (Å²) in [7, 11) is 0. The molecule has 160 valence electrons. The average molecular weight is 408 g/mol. The van der Waals surface area contributed by atoms with Gasteiger partial charge in [-0.1, -0.05) is 51.0 Å². The number of nitrogens with one attached hydrogen (secondary N) is 1. The Balaban J connectivity index is 2.48. The SMILES string of the molecule is C=CN/C=C\C(=C/C(CC)c1ccc(F)c(C)c1)C(/C=C\N=C)=NC1CCCCC1. The smallest absolute Gasteiger partial charge is 0.126 e. The zero-order valence-corrected chi connectivity index (χ0v) is 18.3. The van der Waals surface area contributed by atoms with Crippen LogP contribution < -0.4 is 5.32 Å². The minimum Gasteiger partial charge on any atom is -0.368 e. The molecule has 0 aliphatic heterocycles. The number of halogens is 1. The highest BCUT2D eigenvalue weighted by molar-refractivity contribution is 6.10. The van der Waals surface area contributed by atoms with E-state index in [2.05, 4.69) is 36.6 Å². The molecule has 1 N–H and O–H groups in total. The van der Waals surface area contributed by atoms with E-state index in [1.165, 1.54) is 19.3 Å². The van der Waals surface area contributed by atoms with E-state index >= 15 is 0 Å². The van der Waals surface area contributed by atoms with E-state index in [9.17, 15) is 4.39 Å². The standard InChI is InChI=1S/C26H34FN3/c1-5-21(22-12-13-25(27)20(3)18-22)19-23(14-17-29-6-2)26(15-16-28-4)30-24-10-8-7-9-11-24/h6,12-19,21,24,29H,2,4-5,7-11H2,1,3H3/b16-15-,17-14-,23-19+,30-26?. The van der Waals surface area contributed by atoms with E-state index in [4.69, 9.17) is 4.99 Å². The third-order valence-electron chi connectivity index (χ3n) is 5.44. The monoisotopic (exact) mass is 407 g/mol. The Labute approximate surface area is 180 Å². The molecule has 4 heteroatoms. The van der Waals surface area contributed by atoms with Gasteiger partial charge in [-0.05, 0) is 74.0 Å². The van der Waals surface area contributed by atoms with Crippen LogP contribution in [-0.2, 0) is 0 Å². The lowest BCUT2D eigenvalue weighted by Gasteiger charge is -2.20.